The highest BCUT2D eigenvalue weighted by Gasteiger charge is 2.38. The Bertz CT molecular complexity index is 534. The Labute approximate surface area is 102 Å². The number of nitrogens with two attached hydrogens (primary N) is 1. The molecule has 0 heterocycles. The first-order chi connectivity index (χ1) is 8.17. The van der Waals surface area contributed by atoms with Crippen molar-refractivity contribution in [3.05, 3.63) is 29.6 Å². The van der Waals surface area contributed by atoms with Crippen LogP contribution in [-0.2, 0) is 16.1 Å². The van der Waals surface area contributed by atoms with Gasteiger partial charge in [0.1, 0.15) is 11.6 Å². The largest absolute Gasteiger partial charge is 0.496 e. The third-order valence-electron chi connectivity index (χ3n) is 2.06. The van der Waals surface area contributed by atoms with Gasteiger partial charge < -0.3 is 4.74 Å². The number of rotatable bonds is 5. The molecule has 1 aromatic rings. The predicted molar refractivity (Wildman–Crippen MR) is 58.0 cm³/mol. The summed E-state index contributed by atoms with van der Waals surface area (Å²) in [5, 5.41) is 4.53. The number of hydrogen-bond acceptors (Lipinski definition) is 3. The Morgan fingerprint density at radius 2 is 2.06 bits per heavy atom. The standard InChI is InChI=1S/C9H11F3N2O3S/c1-17-7-4-2-3-6(10)8(7)9(11,12)5-14-18(13,15)16/h2-4,14H,5H2,1H3,(H2,13,15,16). The fraction of sp³-hybridized carbons (Fsp3) is 0.333. The van der Waals surface area contributed by atoms with Crippen LogP contribution in [0.4, 0.5) is 13.2 Å². The first-order valence-electron chi connectivity index (χ1n) is 4.65. The molecule has 0 saturated carbocycles. The lowest BCUT2D eigenvalue weighted by Crippen LogP contribution is -2.39. The smallest absolute Gasteiger partial charge is 0.292 e. The minimum Gasteiger partial charge on any atom is -0.496 e. The quantitative estimate of drug-likeness (QED) is 0.836. The molecule has 1 rings (SSSR count). The SMILES string of the molecule is COc1cccc(F)c1C(F)(F)CNS(N)(=O)=O. The molecule has 9 heteroatoms. The van der Waals surface area contributed by atoms with Crippen LogP contribution >= 0.6 is 0 Å². The van der Waals surface area contributed by atoms with Crippen LogP contribution in [0, 0.1) is 5.82 Å². The molecule has 0 aromatic heterocycles. The molecule has 0 amide bonds. The number of hydrogen-bond donors (Lipinski definition) is 2. The molecule has 0 aliphatic rings. The molecule has 0 atom stereocenters. The van der Waals surface area contributed by atoms with Crippen LogP contribution < -0.4 is 14.6 Å². The Balaban J connectivity index is 3.11. The van der Waals surface area contributed by atoms with Crippen molar-refractivity contribution in [2.45, 2.75) is 5.92 Å². The number of alkyl halides is 2. The van der Waals surface area contributed by atoms with Crippen LogP contribution in [0.1, 0.15) is 5.56 Å². The lowest BCUT2D eigenvalue weighted by atomic mass is 10.1. The van der Waals surface area contributed by atoms with Crippen molar-refractivity contribution in [3.8, 4) is 5.75 Å². The van der Waals surface area contributed by atoms with Crippen molar-refractivity contribution in [2.24, 2.45) is 5.14 Å². The lowest BCUT2D eigenvalue weighted by molar-refractivity contribution is -0.00372. The monoisotopic (exact) mass is 284 g/mol. The molecule has 0 radical (unpaired) electrons. The summed E-state index contributed by atoms with van der Waals surface area (Å²) in [6.45, 7) is -1.36. The van der Waals surface area contributed by atoms with Crippen LogP contribution in [0.15, 0.2) is 18.2 Å². The Morgan fingerprint density at radius 1 is 1.44 bits per heavy atom. The van der Waals surface area contributed by atoms with Gasteiger partial charge in [-0.2, -0.15) is 21.9 Å². The van der Waals surface area contributed by atoms with Gasteiger partial charge in [0.15, 0.2) is 0 Å². The van der Waals surface area contributed by atoms with Crippen LogP contribution in [0.2, 0.25) is 0 Å². The second-order valence-electron chi connectivity index (χ2n) is 3.39. The number of benzene rings is 1. The van der Waals surface area contributed by atoms with E-state index < -0.39 is 34.1 Å². The van der Waals surface area contributed by atoms with Gasteiger partial charge in [0.25, 0.3) is 16.1 Å². The van der Waals surface area contributed by atoms with E-state index in [1.807, 2.05) is 0 Å². The van der Waals surface area contributed by atoms with E-state index in [-0.39, 0.29) is 5.75 Å². The fourth-order valence-electron chi connectivity index (χ4n) is 1.31. The maximum Gasteiger partial charge on any atom is 0.292 e. The van der Waals surface area contributed by atoms with E-state index in [0.717, 1.165) is 19.2 Å². The Hall–Kier alpha value is -1.32. The summed E-state index contributed by atoms with van der Waals surface area (Å²) < 4.78 is 67.9. The van der Waals surface area contributed by atoms with E-state index in [1.54, 1.807) is 0 Å². The molecule has 18 heavy (non-hydrogen) atoms. The number of methoxy groups -OCH3 is 1. The highest BCUT2D eigenvalue weighted by atomic mass is 32.2. The molecular formula is C9H11F3N2O3S. The zero-order valence-corrected chi connectivity index (χ0v) is 10.1. The molecular weight excluding hydrogens is 273 g/mol. The maximum absolute atomic E-state index is 13.7. The van der Waals surface area contributed by atoms with Gasteiger partial charge in [-0.3, -0.25) is 0 Å². The van der Waals surface area contributed by atoms with Gasteiger partial charge in [-0.1, -0.05) is 6.07 Å². The molecule has 0 saturated heterocycles. The van der Waals surface area contributed by atoms with Gasteiger partial charge in [-0.15, -0.1) is 0 Å². The first-order valence-corrected chi connectivity index (χ1v) is 6.20. The molecule has 0 bridgehead atoms. The second kappa shape index (κ2) is 5.12. The Morgan fingerprint density at radius 3 is 2.56 bits per heavy atom. The van der Waals surface area contributed by atoms with Crippen molar-refractivity contribution in [2.75, 3.05) is 13.7 Å². The summed E-state index contributed by atoms with van der Waals surface area (Å²) >= 11 is 0. The number of halogens is 3. The molecule has 0 aliphatic heterocycles. The zero-order valence-electron chi connectivity index (χ0n) is 9.28. The summed E-state index contributed by atoms with van der Waals surface area (Å²) in [5.74, 6) is -5.37. The third kappa shape index (κ3) is 3.59. The zero-order chi connectivity index (χ0) is 14.0. The number of nitrogens with one attached hydrogen (secondary N) is 1. The Kier molecular flexibility index (Phi) is 4.20. The topological polar surface area (TPSA) is 81.4 Å². The molecule has 1 aromatic carbocycles. The van der Waals surface area contributed by atoms with Crippen molar-refractivity contribution in [3.63, 3.8) is 0 Å². The van der Waals surface area contributed by atoms with E-state index in [1.165, 1.54) is 10.8 Å². The van der Waals surface area contributed by atoms with Crippen molar-refractivity contribution in [1.82, 2.24) is 4.72 Å². The second-order valence-corrected chi connectivity index (χ2v) is 4.77. The van der Waals surface area contributed by atoms with Gasteiger partial charge in [-0.05, 0) is 12.1 Å². The normalized spacial score (nSPS) is 12.5. The van der Waals surface area contributed by atoms with Gasteiger partial charge in [0.05, 0.1) is 19.2 Å². The summed E-state index contributed by atoms with van der Waals surface area (Å²) in [6, 6.07) is 3.16. The molecule has 3 N–H and O–H groups in total. The van der Waals surface area contributed by atoms with E-state index in [9.17, 15) is 21.6 Å². The van der Waals surface area contributed by atoms with E-state index >= 15 is 0 Å². The minimum atomic E-state index is -4.29. The van der Waals surface area contributed by atoms with Crippen molar-refractivity contribution >= 4 is 10.2 Å². The predicted octanol–water partition coefficient (Wildman–Crippen LogP) is 0.719. The summed E-state index contributed by atoms with van der Waals surface area (Å²) in [4.78, 5) is 0. The number of ether oxygens (including phenoxy) is 1. The maximum atomic E-state index is 13.7. The summed E-state index contributed by atoms with van der Waals surface area (Å²) in [6.07, 6.45) is 0. The van der Waals surface area contributed by atoms with Gasteiger partial charge >= 0.3 is 0 Å². The van der Waals surface area contributed by atoms with Gasteiger partial charge in [-0.25, -0.2) is 9.53 Å². The first kappa shape index (κ1) is 14.7. The molecule has 0 unspecified atom stereocenters. The third-order valence-corrected chi connectivity index (χ3v) is 2.60. The summed E-state index contributed by atoms with van der Waals surface area (Å²) in [7, 11) is -3.19. The molecule has 102 valence electrons. The van der Waals surface area contributed by atoms with Gasteiger partial charge in [0.2, 0.25) is 0 Å². The van der Waals surface area contributed by atoms with E-state index in [0.29, 0.717) is 0 Å². The highest BCUT2D eigenvalue weighted by Crippen LogP contribution is 2.36. The van der Waals surface area contributed by atoms with Crippen LogP contribution in [0.3, 0.4) is 0 Å². The average Bonchev–Trinajstić information content (AvgIpc) is 2.25. The highest BCUT2D eigenvalue weighted by molar-refractivity contribution is 7.87. The van der Waals surface area contributed by atoms with Crippen molar-refractivity contribution in [1.29, 1.82) is 0 Å². The molecule has 0 spiro atoms. The molecule has 0 aliphatic carbocycles. The van der Waals surface area contributed by atoms with Crippen LogP contribution in [0.25, 0.3) is 0 Å². The van der Waals surface area contributed by atoms with Gasteiger partial charge in [0, 0.05) is 0 Å². The molecule has 5 nitrogen and oxygen atoms in total. The fourth-order valence-corrected chi connectivity index (χ4v) is 1.69. The van der Waals surface area contributed by atoms with Crippen molar-refractivity contribution < 1.29 is 26.3 Å². The van der Waals surface area contributed by atoms with E-state index in [2.05, 4.69) is 9.88 Å². The summed E-state index contributed by atoms with van der Waals surface area (Å²) in [5.41, 5.74) is -1.02. The van der Waals surface area contributed by atoms with Crippen LogP contribution in [0.5, 0.6) is 5.75 Å². The van der Waals surface area contributed by atoms with Crippen LogP contribution in [-0.4, -0.2) is 22.1 Å². The minimum absolute atomic E-state index is 0.379. The molecule has 0 fully saturated rings. The average molecular weight is 284 g/mol. The van der Waals surface area contributed by atoms with E-state index in [4.69, 9.17) is 0 Å². The lowest BCUT2D eigenvalue weighted by Gasteiger charge is -2.19.